The van der Waals surface area contributed by atoms with E-state index < -0.39 is 0 Å². The fourth-order valence-corrected chi connectivity index (χ4v) is 2.27. The maximum absolute atomic E-state index is 12.1. The Labute approximate surface area is 119 Å². The number of piperidine rings is 1. The van der Waals surface area contributed by atoms with Crippen LogP contribution < -0.4 is 15.5 Å². The summed E-state index contributed by atoms with van der Waals surface area (Å²) in [4.78, 5) is 24.9. The Hall–Kier alpha value is -1.88. The molecule has 0 spiro atoms. The summed E-state index contributed by atoms with van der Waals surface area (Å²) in [6.07, 6.45) is 1.98. The zero-order valence-electron chi connectivity index (χ0n) is 12.0. The number of anilines is 2. The molecular formula is C15H21N3O2. The number of carbonyl (C=O) groups is 2. The molecule has 0 saturated carbocycles. The lowest BCUT2D eigenvalue weighted by atomic mass is 9.99. The van der Waals surface area contributed by atoms with E-state index in [1.54, 1.807) is 11.9 Å². The zero-order chi connectivity index (χ0) is 14.5. The highest BCUT2D eigenvalue weighted by Gasteiger charge is 2.20. The van der Waals surface area contributed by atoms with Crippen molar-refractivity contribution in [2.45, 2.75) is 19.8 Å². The second-order valence-corrected chi connectivity index (χ2v) is 5.16. The Morgan fingerprint density at radius 2 is 2.00 bits per heavy atom. The predicted molar refractivity (Wildman–Crippen MR) is 79.7 cm³/mol. The maximum Gasteiger partial charge on any atom is 0.228 e. The van der Waals surface area contributed by atoms with Crippen molar-refractivity contribution < 1.29 is 9.59 Å². The minimum absolute atomic E-state index is 0.0185. The molecule has 108 valence electrons. The molecule has 2 N–H and O–H groups in total. The predicted octanol–water partition coefficient (Wildman–Crippen LogP) is 1.61. The average Bonchev–Trinajstić information content (AvgIpc) is 2.48. The Kier molecular flexibility index (Phi) is 4.74. The molecule has 0 bridgehead atoms. The van der Waals surface area contributed by atoms with E-state index in [0.717, 1.165) is 37.3 Å². The van der Waals surface area contributed by atoms with Gasteiger partial charge in [-0.3, -0.25) is 9.59 Å². The zero-order valence-corrected chi connectivity index (χ0v) is 12.0. The van der Waals surface area contributed by atoms with E-state index in [1.165, 1.54) is 6.92 Å². The van der Waals surface area contributed by atoms with Crippen molar-refractivity contribution in [3.63, 3.8) is 0 Å². The van der Waals surface area contributed by atoms with Gasteiger partial charge in [-0.2, -0.15) is 0 Å². The summed E-state index contributed by atoms with van der Waals surface area (Å²) in [5.74, 6) is 0.0863. The second-order valence-electron chi connectivity index (χ2n) is 5.16. The Balaban J connectivity index is 1.96. The second kappa shape index (κ2) is 6.52. The van der Waals surface area contributed by atoms with Crippen LogP contribution in [0.5, 0.6) is 0 Å². The molecule has 2 amide bonds. The van der Waals surface area contributed by atoms with E-state index >= 15 is 0 Å². The highest BCUT2D eigenvalue weighted by atomic mass is 16.2. The highest BCUT2D eigenvalue weighted by Crippen LogP contribution is 2.18. The summed E-state index contributed by atoms with van der Waals surface area (Å²) in [6.45, 7) is 3.26. The first-order valence-corrected chi connectivity index (χ1v) is 6.94. The van der Waals surface area contributed by atoms with Gasteiger partial charge in [-0.25, -0.2) is 0 Å². The fraction of sp³-hybridized carbons (Fsp3) is 0.467. The van der Waals surface area contributed by atoms with Gasteiger partial charge in [-0.05, 0) is 43.7 Å². The first kappa shape index (κ1) is 14.5. The molecule has 0 aromatic heterocycles. The number of nitrogens with one attached hydrogen (secondary N) is 2. The van der Waals surface area contributed by atoms with Crippen LogP contribution in [0.3, 0.4) is 0 Å². The van der Waals surface area contributed by atoms with Crippen molar-refractivity contribution >= 4 is 23.2 Å². The summed E-state index contributed by atoms with van der Waals surface area (Å²) in [5, 5.41) is 6.16. The lowest BCUT2D eigenvalue weighted by Gasteiger charge is -2.22. The molecule has 5 nitrogen and oxygen atoms in total. The molecular weight excluding hydrogens is 254 g/mol. The third-order valence-electron chi connectivity index (χ3n) is 3.66. The highest BCUT2D eigenvalue weighted by molar-refractivity contribution is 5.94. The summed E-state index contributed by atoms with van der Waals surface area (Å²) < 4.78 is 0. The van der Waals surface area contributed by atoms with Crippen LogP contribution in [0.2, 0.25) is 0 Å². The van der Waals surface area contributed by atoms with E-state index in [9.17, 15) is 9.59 Å². The summed E-state index contributed by atoms with van der Waals surface area (Å²) >= 11 is 0. The smallest absolute Gasteiger partial charge is 0.228 e. The molecule has 2 rings (SSSR count). The molecule has 1 saturated heterocycles. The SMILES string of the molecule is CC(=O)N(C)c1ccc(NC(=O)C2CCCNC2)cc1. The van der Waals surface area contributed by atoms with Crippen molar-refractivity contribution in [3.05, 3.63) is 24.3 Å². The van der Waals surface area contributed by atoms with Crippen molar-refractivity contribution in [3.8, 4) is 0 Å². The lowest BCUT2D eigenvalue weighted by molar-refractivity contribution is -0.120. The van der Waals surface area contributed by atoms with E-state index in [4.69, 9.17) is 0 Å². The van der Waals surface area contributed by atoms with Crippen LogP contribution in [-0.4, -0.2) is 32.0 Å². The number of benzene rings is 1. The van der Waals surface area contributed by atoms with Gasteiger partial charge < -0.3 is 15.5 Å². The molecule has 1 fully saturated rings. The van der Waals surface area contributed by atoms with Crippen LogP contribution in [0.15, 0.2) is 24.3 Å². The number of nitrogens with zero attached hydrogens (tertiary/aromatic N) is 1. The van der Waals surface area contributed by atoms with Gasteiger partial charge in [0.05, 0.1) is 5.92 Å². The number of rotatable bonds is 3. The molecule has 1 aliphatic heterocycles. The molecule has 1 aromatic rings. The van der Waals surface area contributed by atoms with Crippen LogP contribution in [0, 0.1) is 5.92 Å². The first-order chi connectivity index (χ1) is 9.58. The molecule has 1 heterocycles. The molecule has 1 aliphatic rings. The van der Waals surface area contributed by atoms with Crippen molar-refractivity contribution in [2.24, 2.45) is 5.92 Å². The molecule has 1 aromatic carbocycles. The third-order valence-corrected chi connectivity index (χ3v) is 3.66. The Morgan fingerprint density at radius 3 is 2.55 bits per heavy atom. The maximum atomic E-state index is 12.1. The largest absolute Gasteiger partial charge is 0.326 e. The van der Waals surface area contributed by atoms with Crippen LogP contribution in [0.1, 0.15) is 19.8 Å². The van der Waals surface area contributed by atoms with Gasteiger partial charge in [-0.15, -0.1) is 0 Å². The Bertz CT molecular complexity index is 478. The van der Waals surface area contributed by atoms with Crippen LogP contribution >= 0.6 is 0 Å². The van der Waals surface area contributed by atoms with E-state index in [0.29, 0.717) is 0 Å². The molecule has 20 heavy (non-hydrogen) atoms. The van der Waals surface area contributed by atoms with Crippen LogP contribution in [-0.2, 0) is 9.59 Å². The van der Waals surface area contributed by atoms with Gasteiger partial charge >= 0.3 is 0 Å². The van der Waals surface area contributed by atoms with Gasteiger partial charge in [0.25, 0.3) is 0 Å². The third kappa shape index (κ3) is 3.57. The van der Waals surface area contributed by atoms with E-state index in [2.05, 4.69) is 10.6 Å². The van der Waals surface area contributed by atoms with Gasteiger partial charge in [0.15, 0.2) is 0 Å². The molecule has 0 radical (unpaired) electrons. The Morgan fingerprint density at radius 1 is 1.30 bits per heavy atom. The molecule has 1 atom stereocenters. The number of hydrogen-bond acceptors (Lipinski definition) is 3. The molecule has 5 heteroatoms. The number of carbonyl (C=O) groups excluding carboxylic acids is 2. The summed E-state index contributed by atoms with van der Waals surface area (Å²) in [6, 6.07) is 7.30. The van der Waals surface area contributed by atoms with E-state index in [-0.39, 0.29) is 17.7 Å². The average molecular weight is 275 g/mol. The van der Waals surface area contributed by atoms with Crippen molar-refractivity contribution in [2.75, 3.05) is 30.4 Å². The normalized spacial score (nSPS) is 18.4. The van der Waals surface area contributed by atoms with Gasteiger partial charge in [0, 0.05) is 31.9 Å². The minimum atomic E-state index is -0.0185. The minimum Gasteiger partial charge on any atom is -0.326 e. The van der Waals surface area contributed by atoms with E-state index in [1.807, 2.05) is 24.3 Å². The summed E-state index contributed by atoms with van der Waals surface area (Å²) in [7, 11) is 1.73. The number of hydrogen-bond donors (Lipinski definition) is 2. The monoisotopic (exact) mass is 275 g/mol. The standard InChI is InChI=1S/C15H21N3O2/c1-11(19)18(2)14-7-5-13(6-8-14)17-15(20)12-4-3-9-16-10-12/h5-8,12,16H,3-4,9-10H2,1-2H3,(H,17,20). The quantitative estimate of drug-likeness (QED) is 0.881. The fourth-order valence-electron chi connectivity index (χ4n) is 2.27. The lowest BCUT2D eigenvalue weighted by Crippen LogP contribution is -2.37. The molecule has 0 aliphatic carbocycles. The van der Waals surface area contributed by atoms with Gasteiger partial charge in [0.1, 0.15) is 0 Å². The number of amides is 2. The van der Waals surface area contributed by atoms with Crippen molar-refractivity contribution in [1.29, 1.82) is 0 Å². The topological polar surface area (TPSA) is 61.4 Å². The molecule has 1 unspecified atom stereocenters. The first-order valence-electron chi connectivity index (χ1n) is 6.94. The van der Waals surface area contributed by atoms with Gasteiger partial charge in [-0.1, -0.05) is 0 Å². The van der Waals surface area contributed by atoms with Crippen LogP contribution in [0.25, 0.3) is 0 Å². The van der Waals surface area contributed by atoms with Gasteiger partial charge in [0.2, 0.25) is 11.8 Å². The van der Waals surface area contributed by atoms with Crippen molar-refractivity contribution in [1.82, 2.24) is 5.32 Å². The summed E-state index contributed by atoms with van der Waals surface area (Å²) in [5.41, 5.74) is 1.58. The van der Waals surface area contributed by atoms with Crippen LogP contribution in [0.4, 0.5) is 11.4 Å².